The number of nitrogens with one attached hydrogen (secondary N) is 1. The molecule has 1 amide bonds. The largest absolute Gasteiger partial charge is 0.491 e. The van der Waals surface area contributed by atoms with Gasteiger partial charge in [-0.3, -0.25) is 9.59 Å². The van der Waals surface area contributed by atoms with Gasteiger partial charge in [0.15, 0.2) is 0 Å². The van der Waals surface area contributed by atoms with E-state index in [1.807, 2.05) is 50.2 Å². The molecular weight excluding hydrogens is 318 g/mol. The van der Waals surface area contributed by atoms with Crippen LogP contribution in [-0.2, 0) is 22.4 Å². The maximum Gasteiger partial charge on any atom is 0.303 e. The smallest absolute Gasteiger partial charge is 0.303 e. The van der Waals surface area contributed by atoms with E-state index in [-0.39, 0.29) is 24.9 Å². The van der Waals surface area contributed by atoms with Gasteiger partial charge in [-0.15, -0.1) is 0 Å². The SMILES string of the molecule is CC(C)Oc1ccccc1CC(=O)Nc1cccc(CCC(=O)O)c1. The van der Waals surface area contributed by atoms with Crippen molar-refractivity contribution in [2.24, 2.45) is 0 Å². The first-order chi connectivity index (χ1) is 11.9. The van der Waals surface area contributed by atoms with Crippen LogP contribution in [0, 0.1) is 0 Å². The molecule has 0 aromatic heterocycles. The summed E-state index contributed by atoms with van der Waals surface area (Å²) in [4.78, 5) is 23.0. The first-order valence-corrected chi connectivity index (χ1v) is 8.29. The maximum absolute atomic E-state index is 12.3. The molecule has 132 valence electrons. The Kier molecular flexibility index (Phi) is 6.57. The van der Waals surface area contributed by atoms with Crippen molar-refractivity contribution in [1.82, 2.24) is 0 Å². The summed E-state index contributed by atoms with van der Waals surface area (Å²) in [6.45, 7) is 3.89. The van der Waals surface area contributed by atoms with E-state index >= 15 is 0 Å². The molecule has 2 N–H and O–H groups in total. The number of hydrogen-bond donors (Lipinski definition) is 2. The van der Waals surface area contributed by atoms with E-state index in [0.29, 0.717) is 17.9 Å². The molecule has 0 unspecified atom stereocenters. The van der Waals surface area contributed by atoms with Crippen LogP contribution >= 0.6 is 0 Å². The van der Waals surface area contributed by atoms with Gasteiger partial charge in [0.1, 0.15) is 5.75 Å². The third-order valence-corrected chi connectivity index (χ3v) is 3.52. The molecule has 0 heterocycles. The van der Waals surface area contributed by atoms with Crippen molar-refractivity contribution in [2.45, 2.75) is 39.2 Å². The first kappa shape index (κ1) is 18.5. The second-order valence-corrected chi connectivity index (χ2v) is 6.09. The Morgan fingerprint density at radius 3 is 2.60 bits per heavy atom. The Bertz CT molecular complexity index is 740. The molecule has 0 fully saturated rings. The Labute approximate surface area is 147 Å². The molecular formula is C20H23NO4. The molecule has 2 rings (SSSR count). The van der Waals surface area contributed by atoms with Gasteiger partial charge in [0.25, 0.3) is 0 Å². The number of para-hydroxylation sites is 1. The average Bonchev–Trinajstić information content (AvgIpc) is 2.54. The molecule has 0 aliphatic heterocycles. The summed E-state index contributed by atoms with van der Waals surface area (Å²) in [5.74, 6) is -0.269. The van der Waals surface area contributed by atoms with E-state index in [1.54, 1.807) is 12.1 Å². The summed E-state index contributed by atoms with van der Waals surface area (Å²) in [6.07, 6.45) is 0.749. The molecule has 2 aromatic rings. The summed E-state index contributed by atoms with van der Waals surface area (Å²) in [5, 5.41) is 11.6. The Morgan fingerprint density at radius 2 is 1.88 bits per heavy atom. The number of aliphatic carboxylic acids is 1. The molecule has 0 aliphatic rings. The minimum atomic E-state index is -0.837. The standard InChI is InChI=1S/C20H23NO4/c1-14(2)25-18-9-4-3-7-16(18)13-19(22)21-17-8-5-6-15(12-17)10-11-20(23)24/h3-9,12,14H,10-11,13H2,1-2H3,(H,21,22)(H,23,24). The van der Waals surface area contributed by atoms with Crippen molar-refractivity contribution < 1.29 is 19.4 Å². The lowest BCUT2D eigenvalue weighted by atomic mass is 10.1. The van der Waals surface area contributed by atoms with Gasteiger partial charge in [-0.2, -0.15) is 0 Å². The zero-order chi connectivity index (χ0) is 18.2. The highest BCUT2D eigenvalue weighted by molar-refractivity contribution is 5.92. The number of aryl methyl sites for hydroxylation is 1. The van der Waals surface area contributed by atoms with Crippen molar-refractivity contribution in [3.05, 3.63) is 59.7 Å². The molecule has 25 heavy (non-hydrogen) atoms. The van der Waals surface area contributed by atoms with E-state index in [1.165, 1.54) is 0 Å². The fourth-order valence-electron chi connectivity index (χ4n) is 2.45. The lowest BCUT2D eigenvalue weighted by Crippen LogP contribution is -2.16. The number of carboxylic acids is 1. The molecule has 0 radical (unpaired) electrons. The van der Waals surface area contributed by atoms with Crippen LogP contribution in [-0.4, -0.2) is 23.1 Å². The number of rotatable bonds is 8. The van der Waals surface area contributed by atoms with Crippen molar-refractivity contribution in [2.75, 3.05) is 5.32 Å². The van der Waals surface area contributed by atoms with Crippen LogP contribution in [0.25, 0.3) is 0 Å². The second-order valence-electron chi connectivity index (χ2n) is 6.09. The fraction of sp³-hybridized carbons (Fsp3) is 0.300. The molecule has 0 saturated carbocycles. The highest BCUT2D eigenvalue weighted by atomic mass is 16.5. The molecule has 0 saturated heterocycles. The quantitative estimate of drug-likeness (QED) is 0.768. The van der Waals surface area contributed by atoms with Gasteiger partial charge in [0, 0.05) is 17.7 Å². The number of carbonyl (C=O) groups is 2. The molecule has 0 atom stereocenters. The number of amides is 1. The van der Waals surface area contributed by atoms with Crippen LogP contribution in [0.2, 0.25) is 0 Å². The molecule has 0 bridgehead atoms. The lowest BCUT2D eigenvalue weighted by molar-refractivity contribution is -0.137. The van der Waals surface area contributed by atoms with Crippen LogP contribution in [0.15, 0.2) is 48.5 Å². The summed E-state index contributed by atoms with van der Waals surface area (Å²) in [6, 6.07) is 14.7. The van der Waals surface area contributed by atoms with Crippen molar-refractivity contribution >= 4 is 17.6 Å². The topological polar surface area (TPSA) is 75.6 Å². The predicted molar refractivity (Wildman–Crippen MR) is 96.9 cm³/mol. The number of ether oxygens (including phenoxy) is 1. The zero-order valence-corrected chi connectivity index (χ0v) is 14.5. The van der Waals surface area contributed by atoms with Crippen molar-refractivity contribution in [3.8, 4) is 5.75 Å². The van der Waals surface area contributed by atoms with E-state index < -0.39 is 5.97 Å². The summed E-state index contributed by atoms with van der Waals surface area (Å²) < 4.78 is 5.73. The van der Waals surface area contributed by atoms with Gasteiger partial charge >= 0.3 is 5.97 Å². The Morgan fingerprint density at radius 1 is 1.12 bits per heavy atom. The summed E-state index contributed by atoms with van der Waals surface area (Å²) in [7, 11) is 0. The van der Waals surface area contributed by atoms with Gasteiger partial charge in [-0.05, 0) is 44.0 Å². The van der Waals surface area contributed by atoms with Gasteiger partial charge in [0.2, 0.25) is 5.91 Å². The van der Waals surface area contributed by atoms with E-state index in [4.69, 9.17) is 9.84 Å². The van der Waals surface area contributed by atoms with E-state index in [9.17, 15) is 9.59 Å². The van der Waals surface area contributed by atoms with E-state index in [2.05, 4.69) is 5.32 Å². The zero-order valence-electron chi connectivity index (χ0n) is 14.5. The maximum atomic E-state index is 12.3. The van der Waals surface area contributed by atoms with Gasteiger partial charge in [0.05, 0.1) is 12.5 Å². The molecule has 5 nitrogen and oxygen atoms in total. The monoisotopic (exact) mass is 341 g/mol. The second kappa shape index (κ2) is 8.87. The molecule has 5 heteroatoms. The minimum absolute atomic E-state index is 0.0372. The van der Waals surface area contributed by atoms with Crippen molar-refractivity contribution in [1.29, 1.82) is 0 Å². The predicted octanol–water partition coefficient (Wildman–Crippen LogP) is 3.67. The minimum Gasteiger partial charge on any atom is -0.491 e. The van der Waals surface area contributed by atoms with Crippen LogP contribution in [0.3, 0.4) is 0 Å². The van der Waals surface area contributed by atoms with Crippen LogP contribution in [0.4, 0.5) is 5.69 Å². The highest BCUT2D eigenvalue weighted by Crippen LogP contribution is 2.21. The van der Waals surface area contributed by atoms with Gasteiger partial charge < -0.3 is 15.2 Å². The number of carbonyl (C=O) groups excluding carboxylic acids is 1. The summed E-state index contributed by atoms with van der Waals surface area (Å²) >= 11 is 0. The van der Waals surface area contributed by atoms with Crippen LogP contribution in [0.1, 0.15) is 31.4 Å². The average molecular weight is 341 g/mol. The molecule has 2 aromatic carbocycles. The normalized spacial score (nSPS) is 10.5. The number of carboxylic acid groups (broad SMARTS) is 1. The van der Waals surface area contributed by atoms with Crippen LogP contribution in [0.5, 0.6) is 5.75 Å². The third kappa shape index (κ3) is 6.30. The number of hydrogen-bond acceptors (Lipinski definition) is 3. The fourth-order valence-corrected chi connectivity index (χ4v) is 2.45. The lowest BCUT2D eigenvalue weighted by Gasteiger charge is -2.14. The van der Waals surface area contributed by atoms with Crippen LogP contribution < -0.4 is 10.1 Å². The summed E-state index contributed by atoms with van der Waals surface area (Å²) in [5.41, 5.74) is 2.37. The molecule has 0 spiro atoms. The number of anilines is 1. The Hall–Kier alpha value is -2.82. The Balaban J connectivity index is 2.01. The molecule has 0 aliphatic carbocycles. The first-order valence-electron chi connectivity index (χ1n) is 8.29. The third-order valence-electron chi connectivity index (χ3n) is 3.52. The van der Waals surface area contributed by atoms with Crippen molar-refractivity contribution in [3.63, 3.8) is 0 Å². The van der Waals surface area contributed by atoms with Gasteiger partial charge in [-0.1, -0.05) is 30.3 Å². The number of benzene rings is 2. The highest BCUT2D eigenvalue weighted by Gasteiger charge is 2.10. The van der Waals surface area contributed by atoms with E-state index in [0.717, 1.165) is 11.1 Å². The van der Waals surface area contributed by atoms with Gasteiger partial charge in [-0.25, -0.2) is 0 Å².